The van der Waals surface area contributed by atoms with E-state index in [1.165, 1.54) is 0 Å². The summed E-state index contributed by atoms with van der Waals surface area (Å²) in [7, 11) is 0. The number of aliphatic hydroxyl groups excluding tert-OH is 1. The number of hydrogen-bond acceptors (Lipinski definition) is 6. The molecular weight excluding hydrogens is 390 g/mol. The quantitative estimate of drug-likeness (QED) is 0.594. The Hall–Kier alpha value is -2.65. The Bertz CT molecular complexity index is 840. The van der Waals surface area contributed by atoms with Gasteiger partial charge in [-0.3, -0.25) is 14.4 Å². The minimum atomic E-state index is -0.887. The second kappa shape index (κ2) is 8.61. The number of aliphatic carboxylic acids is 1. The van der Waals surface area contributed by atoms with Gasteiger partial charge in [0, 0.05) is 38.0 Å². The minimum absolute atomic E-state index is 0.0221. The van der Waals surface area contributed by atoms with E-state index in [1.54, 1.807) is 21.9 Å². The first kappa shape index (κ1) is 20.6. The van der Waals surface area contributed by atoms with E-state index in [0.717, 1.165) is 12.8 Å². The highest BCUT2D eigenvalue weighted by atomic mass is 16.5. The molecular formula is C21H27N3O6. The minimum Gasteiger partial charge on any atom is -0.482 e. The highest BCUT2D eigenvalue weighted by molar-refractivity contribution is 6.01. The number of carbonyl (C=O) groups is 3. The summed E-state index contributed by atoms with van der Waals surface area (Å²) in [5.41, 5.74) is 1.28. The topological polar surface area (TPSA) is 119 Å². The fourth-order valence-electron chi connectivity index (χ4n) is 4.18. The van der Waals surface area contributed by atoms with Gasteiger partial charge < -0.3 is 30.1 Å². The third-order valence-electron chi connectivity index (χ3n) is 5.90. The van der Waals surface area contributed by atoms with Crippen molar-refractivity contribution < 1.29 is 29.3 Å². The molecule has 9 heteroatoms. The van der Waals surface area contributed by atoms with Crippen molar-refractivity contribution in [2.45, 2.75) is 31.7 Å². The lowest BCUT2D eigenvalue weighted by atomic mass is 9.89. The first-order valence-electron chi connectivity index (χ1n) is 10.4. The van der Waals surface area contributed by atoms with E-state index in [-0.39, 0.29) is 31.1 Å². The Labute approximate surface area is 174 Å². The van der Waals surface area contributed by atoms with Crippen molar-refractivity contribution in [3.8, 4) is 5.75 Å². The molecule has 0 radical (unpaired) electrons. The number of nitrogens with zero attached hydrogens (tertiary/aromatic N) is 2. The molecule has 1 saturated carbocycles. The molecule has 2 amide bonds. The number of benzene rings is 1. The average molecular weight is 417 g/mol. The second-order valence-electron chi connectivity index (χ2n) is 8.13. The third kappa shape index (κ3) is 4.13. The monoisotopic (exact) mass is 417 g/mol. The van der Waals surface area contributed by atoms with E-state index >= 15 is 0 Å². The molecule has 2 heterocycles. The summed E-state index contributed by atoms with van der Waals surface area (Å²) in [4.78, 5) is 40.5. The van der Waals surface area contributed by atoms with Crippen LogP contribution >= 0.6 is 0 Å². The van der Waals surface area contributed by atoms with Crippen molar-refractivity contribution in [3.05, 3.63) is 18.2 Å². The molecule has 1 saturated heterocycles. The highest BCUT2D eigenvalue weighted by Gasteiger charge is 2.40. The summed E-state index contributed by atoms with van der Waals surface area (Å²) >= 11 is 0. The summed E-state index contributed by atoms with van der Waals surface area (Å²) in [5, 5.41) is 21.6. The molecule has 2 fully saturated rings. The van der Waals surface area contributed by atoms with Gasteiger partial charge in [0.15, 0.2) is 6.61 Å². The maximum Gasteiger partial charge on any atom is 0.307 e. The number of nitrogens with one attached hydrogen (secondary N) is 1. The molecule has 1 unspecified atom stereocenters. The van der Waals surface area contributed by atoms with Gasteiger partial charge in [0.2, 0.25) is 5.91 Å². The SMILES string of the molecule is O=C(O)[C@@H]1CNCC(C(=O)N(c2ccc3c(c2)N(CCCO)C(=O)CO3)C2CC2)C1. The molecule has 0 spiro atoms. The first-order chi connectivity index (χ1) is 14.5. The van der Waals surface area contributed by atoms with E-state index in [4.69, 9.17) is 9.84 Å². The van der Waals surface area contributed by atoms with Gasteiger partial charge in [-0.05, 0) is 43.9 Å². The van der Waals surface area contributed by atoms with E-state index in [2.05, 4.69) is 5.32 Å². The molecule has 4 rings (SSSR count). The Morgan fingerprint density at radius 2 is 2.00 bits per heavy atom. The van der Waals surface area contributed by atoms with Gasteiger partial charge >= 0.3 is 5.97 Å². The second-order valence-corrected chi connectivity index (χ2v) is 8.13. The van der Waals surface area contributed by atoms with Crippen molar-refractivity contribution >= 4 is 29.2 Å². The predicted octanol–water partition coefficient (Wildman–Crippen LogP) is 0.600. The fraction of sp³-hybridized carbons (Fsp3) is 0.571. The number of piperidine rings is 1. The number of aliphatic hydroxyl groups is 1. The number of amides is 2. The van der Waals surface area contributed by atoms with Crippen molar-refractivity contribution in [2.24, 2.45) is 11.8 Å². The van der Waals surface area contributed by atoms with Gasteiger partial charge in [-0.1, -0.05) is 0 Å². The van der Waals surface area contributed by atoms with Gasteiger partial charge in [-0.15, -0.1) is 0 Å². The van der Waals surface area contributed by atoms with Crippen molar-refractivity contribution in [1.29, 1.82) is 0 Å². The molecule has 3 N–H and O–H groups in total. The number of rotatable bonds is 7. The molecule has 1 aromatic rings. The molecule has 162 valence electrons. The van der Waals surface area contributed by atoms with E-state index < -0.39 is 17.8 Å². The zero-order valence-corrected chi connectivity index (χ0v) is 16.7. The van der Waals surface area contributed by atoms with Crippen LogP contribution in [0.4, 0.5) is 11.4 Å². The van der Waals surface area contributed by atoms with Gasteiger partial charge in [0.1, 0.15) is 5.75 Å². The van der Waals surface area contributed by atoms with Crippen LogP contribution in [0.2, 0.25) is 0 Å². The smallest absolute Gasteiger partial charge is 0.307 e. The summed E-state index contributed by atoms with van der Waals surface area (Å²) in [6.45, 7) is 1.14. The van der Waals surface area contributed by atoms with Gasteiger partial charge in [-0.25, -0.2) is 0 Å². The average Bonchev–Trinajstić information content (AvgIpc) is 3.58. The summed E-state index contributed by atoms with van der Waals surface area (Å²) in [6, 6.07) is 5.47. The number of fused-ring (bicyclic) bond motifs is 1. The third-order valence-corrected chi connectivity index (χ3v) is 5.90. The lowest BCUT2D eigenvalue weighted by Gasteiger charge is -2.34. The summed E-state index contributed by atoms with van der Waals surface area (Å²) in [6.07, 6.45) is 2.56. The zero-order chi connectivity index (χ0) is 21.3. The first-order valence-corrected chi connectivity index (χ1v) is 10.4. The lowest BCUT2D eigenvalue weighted by Crippen LogP contribution is -2.48. The number of ether oxygens (including phenoxy) is 1. The maximum absolute atomic E-state index is 13.4. The van der Waals surface area contributed by atoms with Gasteiger partial charge in [0.05, 0.1) is 17.5 Å². The molecule has 3 aliphatic rings. The van der Waals surface area contributed by atoms with Crippen LogP contribution in [0, 0.1) is 11.8 Å². The number of hydrogen-bond donors (Lipinski definition) is 3. The summed E-state index contributed by atoms with van der Waals surface area (Å²) < 4.78 is 5.54. The predicted molar refractivity (Wildman–Crippen MR) is 109 cm³/mol. The van der Waals surface area contributed by atoms with Crippen LogP contribution in [0.5, 0.6) is 5.75 Å². The standard InChI is InChI=1S/C21H27N3O6/c25-7-1-6-23-17-9-16(4-5-18(17)30-12-19(23)26)24(15-2-3-15)20(27)13-8-14(21(28)29)11-22-10-13/h4-5,9,13-15,22,25H,1-3,6-8,10-12H2,(H,28,29)/t13?,14-/m0/s1. The Morgan fingerprint density at radius 1 is 1.23 bits per heavy atom. The molecule has 1 aromatic carbocycles. The van der Waals surface area contributed by atoms with Crippen LogP contribution in [0.1, 0.15) is 25.7 Å². The normalized spacial score (nSPS) is 23.5. The number of carboxylic acids is 1. The fourth-order valence-corrected chi connectivity index (χ4v) is 4.18. The van der Waals surface area contributed by atoms with Crippen molar-refractivity contribution in [3.63, 3.8) is 0 Å². The molecule has 2 atom stereocenters. The van der Waals surface area contributed by atoms with Crippen molar-refractivity contribution in [1.82, 2.24) is 5.32 Å². The Kier molecular flexibility index (Phi) is 5.92. The van der Waals surface area contributed by atoms with E-state index in [0.29, 0.717) is 49.6 Å². The Balaban J connectivity index is 1.61. The van der Waals surface area contributed by atoms with E-state index in [9.17, 15) is 19.5 Å². The molecule has 1 aliphatic carbocycles. The van der Waals surface area contributed by atoms with Crippen LogP contribution in [-0.4, -0.2) is 66.9 Å². The number of carbonyl (C=O) groups excluding carboxylic acids is 2. The Morgan fingerprint density at radius 3 is 2.70 bits per heavy atom. The molecule has 0 aromatic heterocycles. The van der Waals surface area contributed by atoms with Crippen LogP contribution in [0.25, 0.3) is 0 Å². The molecule has 0 bridgehead atoms. The van der Waals surface area contributed by atoms with Crippen LogP contribution in [0.15, 0.2) is 18.2 Å². The molecule has 30 heavy (non-hydrogen) atoms. The maximum atomic E-state index is 13.4. The number of carboxylic acid groups (broad SMARTS) is 1. The molecule has 2 aliphatic heterocycles. The largest absolute Gasteiger partial charge is 0.482 e. The van der Waals surface area contributed by atoms with Crippen LogP contribution in [0.3, 0.4) is 0 Å². The molecule has 9 nitrogen and oxygen atoms in total. The van der Waals surface area contributed by atoms with Crippen LogP contribution < -0.4 is 19.9 Å². The van der Waals surface area contributed by atoms with Crippen molar-refractivity contribution in [2.75, 3.05) is 42.6 Å². The van der Waals surface area contributed by atoms with E-state index in [1.807, 2.05) is 6.07 Å². The highest BCUT2D eigenvalue weighted by Crippen LogP contribution is 2.40. The zero-order valence-electron chi connectivity index (χ0n) is 16.7. The van der Waals surface area contributed by atoms with Gasteiger partial charge in [-0.2, -0.15) is 0 Å². The van der Waals surface area contributed by atoms with Crippen LogP contribution in [-0.2, 0) is 14.4 Å². The number of anilines is 2. The van der Waals surface area contributed by atoms with Gasteiger partial charge in [0.25, 0.3) is 5.91 Å². The lowest BCUT2D eigenvalue weighted by molar-refractivity contribution is -0.143. The summed E-state index contributed by atoms with van der Waals surface area (Å²) in [5.74, 6) is -1.55.